The molecular weight excluding hydrogens is 208 g/mol. The van der Waals surface area contributed by atoms with Gasteiger partial charge in [-0.2, -0.15) is 0 Å². The van der Waals surface area contributed by atoms with Crippen LogP contribution in [0.25, 0.3) is 6.08 Å². The summed E-state index contributed by atoms with van der Waals surface area (Å²) in [7, 11) is 0. The number of rotatable bonds is 4. The number of ether oxygens (including phenoxy) is 2. The van der Waals surface area contributed by atoms with Crippen molar-refractivity contribution in [1.29, 1.82) is 0 Å². The molecule has 0 aromatic heterocycles. The van der Waals surface area contributed by atoms with E-state index in [9.17, 15) is 9.59 Å². The van der Waals surface area contributed by atoms with E-state index in [0.717, 1.165) is 5.56 Å². The van der Waals surface area contributed by atoms with Crippen molar-refractivity contribution < 1.29 is 19.1 Å². The monoisotopic (exact) mass is 220 g/mol. The van der Waals surface area contributed by atoms with Crippen LogP contribution in [0.5, 0.6) is 0 Å². The van der Waals surface area contributed by atoms with Gasteiger partial charge in [-0.25, -0.2) is 4.79 Å². The van der Waals surface area contributed by atoms with Crippen molar-refractivity contribution in [2.45, 2.75) is 6.92 Å². The summed E-state index contributed by atoms with van der Waals surface area (Å²) >= 11 is 0. The third-order valence-corrected chi connectivity index (χ3v) is 1.67. The number of carbonyl (C=O) groups excluding carboxylic acids is 2. The Morgan fingerprint density at radius 1 is 1.19 bits per heavy atom. The Bertz CT molecular complexity index is 381. The van der Waals surface area contributed by atoms with E-state index in [1.165, 1.54) is 13.0 Å². The molecule has 0 radical (unpaired) electrons. The van der Waals surface area contributed by atoms with E-state index in [0.29, 0.717) is 0 Å². The maximum Gasteiger partial charge on any atom is 0.333 e. The van der Waals surface area contributed by atoms with E-state index in [1.54, 1.807) is 6.08 Å². The van der Waals surface area contributed by atoms with Crippen molar-refractivity contribution >= 4 is 18.0 Å². The Morgan fingerprint density at radius 2 is 1.88 bits per heavy atom. The molecule has 0 unspecified atom stereocenters. The van der Waals surface area contributed by atoms with E-state index in [4.69, 9.17) is 0 Å². The first-order valence-electron chi connectivity index (χ1n) is 4.72. The van der Waals surface area contributed by atoms with Crippen LogP contribution in [0.3, 0.4) is 0 Å². The minimum absolute atomic E-state index is 0.354. The molecule has 16 heavy (non-hydrogen) atoms. The number of hydrogen-bond acceptors (Lipinski definition) is 4. The van der Waals surface area contributed by atoms with Crippen LogP contribution in [0.2, 0.25) is 0 Å². The predicted octanol–water partition coefficient (Wildman–Crippen LogP) is 1.76. The van der Waals surface area contributed by atoms with Crippen molar-refractivity contribution in [1.82, 2.24) is 0 Å². The van der Waals surface area contributed by atoms with Gasteiger partial charge < -0.3 is 9.47 Å². The van der Waals surface area contributed by atoms with Crippen LogP contribution >= 0.6 is 0 Å². The number of benzene rings is 1. The molecular formula is C12H12O4. The first kappa shape index (κ1) is 12.0. The summed E-state index contributed by atoms with van der Waals surface area (Å²) in [6, 6.07) is 9.33. The van der Waals surface area contributed by atoms with Gasteiger partial charge >= 0.3 is 11.9 Å². The van der Waals surface area contributed by atoms with Gasteiger partial charge in [-0.05, 0) is 11.6 Å². The maximum atomic E-state index is 11.1. The van der Waals surface area contributed by atoms with E-state index >= 15 is 0 Å². The molecule has 4 heteroatoms. The third kappa shape index (κ3) is 4.95. The molecule has 4 nitrogen and oxygen atoms in total. The molecule has 0 fully saturated rings. The summed E-state index contributed by atoms with van der Waals surface area (Å²) in [5.41, 5.74) is 0.895. The fourth-order valence-corrected chi connectivity index (χ4v) is 0.947. The van der Waals surface area contributed by atoms with Crippen molar-refractivity contribution in [3.63, 3.8) is 0 Å². The van der Waals surface area contributed by atoms with Crippen LogP contribution in [0, 0.1) is 0 Å². The molecule has 0 saturated heterocycles. The molecule has 0 amide bonds. The zero-order chi connectivity index (χ0) is 11.8. The van der Waals surface area contributed by atoms with Crippen LogP contribution in [-0.2, 0) is 19.1 Å². The van der Waals surface area contributed by atoms with Crippen molar-refractivity contribution in [3.05, 3.63) is 42.0 Å². The highest BCUT2D eigenvalue weighted by Gasteiger charge is 1.97. The summed E-state index contributed by atoms with van der Waals surface area (Å²) in [6.45, 7) is 0.890. The SMILES string of the molecule is CC(=O)OCOC(=O)C=Cc1ccccc1. The van der Waals surface area contributed by atoms with Gasteiger partial charge in [0.1, 0.15) is 0 Å². The van der Waals surface area contributed by atoms with Gasteiger partial charge in [0.2, 0.25) is 6.79 Å². The second kappa shape index (κ2) is 6.40. The van der Waals surface area contributed by atoms with Crippen LogP contribution in [0.1, 0.15) is 12.5 Å². The Morgan fingerprint density at radius 3 is 2.50 bits per heavy atom. The quantitative estimate of drug-likeness (QED) is 0.441. The lowest BCUT2D eigenvalue weighted by Gasteiger charge is -2.00. The summed E-state index contributed by atoms with van der Waals surface area (Å²) in [4.78, 5) is 21.5. The minimum atomic E-state index is -0.551. The summed E-state index contributed by atoms with van der Waals surface area (Å²) in [6.07, 6.45) is 2.90. The smallest absolute Gasteiger partial charge is 0.333 e. The van der Waals surface area contributed by atoms with Gasteiger partial charge in [-0.3, -0.25) is 4.79 Å². The fraction of sp³-hybridized carbons (Fsp3) is 0.167. The minimum Gasteiger partial charge on any atom is -0.428 e. The van der Waals surface area contributed by atoms with E-state index in [1.807, 2.05) is 30.3 Å². The van der Waals surface area contributed by atoms with Crippen molar-refractivity contribution in [2.75, 3.05) is 6.79 Å². The standard InChI is InChI=1S/C12H12O4/c1-10(13)15-9-16-12(14)8-7-11-5-3-2-4-6-11/h2-8H,9H2,1H3. The average Bonchev–Trinajstić information content (AvgIpc) is 2.27. The second-order valence-electron chi connectivity index (χ2n) is 2.96. The lowest BCUT2D eigenvalue weighted by molar-refractivity contribution is -0.162. The largest absolute Gasteiger partial charge is 0.428 e. The number of hydrogen-bond donors (Lipinski definition) is 0. The molecule has 0 aliphatic carbocycles. The molecule has 0 aliphatic rings. The molecule has 0 bridgehead atoms. The molecule has 84 valence electrons. The van der Waals surface area contributed by atoms with Crippen molar-refractivity contribution in [2.24, 2.45) is 0 Å². The fourth-order valence-electron chi connectivity index (χ4n) is 0.947. The van der Waals surface area contributed by atoms with Crippen LogP contribution in [0.15, 0.2) is 36.4 Å². The molecule has 0 aliphatic heterocycles. The average molecular weight is 220 g/mol. The molecule has 0 saturated carbocycles. The van der Waals surface area contributed by atoms with Crippen LogP contribution < -0.4 is 0 Å². The first-order valence-corrected chi connectivity index (χ1v) is 4.72. The molecule has 1 aromatic carbocycles. The van der Waals surface area contributed by atoms with E-state index < -0.39 is 11.9 Å². The van der Waals surface area contributed by atoms with Crippen LogP contribution in [-0.4, -0.2) is 18.7 Å². The summed E-state index contributed by atoms with van der Waals surface area (Å²) < 4.78 is 9.05. The Kier molecular flexibility index (Phi) is 4.79. The molecule has 0 N–H and O–H groups in total. The maximum absolute atomic E-state index is 11.1. The highest BCUT2D eigenvalue weighted by Crippen LogP contribution is 2.00. The lowest BCUT2D eigenvalue weighted by atomic mass is 10.2. The van der Waals surface area contributed by atoms with Gasteiger partial charge in [-0.15, -0.1) is 0 Å². The lowest BCUT2D eigenvalue weighted by Crippen LogP contribution is -2.08. The second-order valence-corrected chi connectivity index (χ2v) is 2.96. The zero-order valence-electron chi connectivity index (χ0n) is 8.88. The van der Waals surface area contributed by atoms with E-state index in [-0.39, 0.29) is 6.79 Å². The Balaban J connectivity index is 2.34. The first-order chi connectivity index (χ1) is 7.68. The molecule has 0 heterocycles. The number of esters is 2. The topological polar surface area (TPSA) is 52.6 Å². The molecule has 0 spiro atoms. The molecule has 1 aromatic rings. The summed E-state index contributed by atoms with van der Waals surface area (Å²) in [5.74, 6) is -1.04. The number of carbonyl (C=O) groups is 2. The Labute approximate surface area is 93.5 Å². The Hall–Kier alpha value is -2.10. The van der Waals surface area contributed by atoms with Gasteiger partial charge in [0, 0.05) is 13.0 Å². The van der Waals surface area contributed by atoms with Gasteiger partial charge in [0.15, 0.2) is 0 Å². The highest BCUT2D eigenvalue weighted by atomic mass is 16.7. The molecule has 1 rings (SSSR count). The highest BCUT2D eigenvalue weighted by molar-refractivity contribution is 5.87. The normalized spacial score (nSPS) is 10.1. The van der Waals surface area contributed by atoms with Crippen molar-refractivity contribution in [3.8, 4) is 0 Å². The predicted molar refractivity (Wildman–Crippen MR) is 58.2 cm³/mol. The zero-order valence-corrected chi connectivity index (χ0v) is 8.88. The van der Waals surface area contributed by atoms with Crippen LogP contribution in [0.4, 0.5) is 0 Å². The molecule has 0 atom stereocenters. The van der Waals surface area contributed by atoms with Gasteiger partial charge in [0.05, 0.1) is 0 Å². The van der Waals surface area contributed by atoms with Gasteiger partial charge in [-0.1, -0.05) is 30.3 Å². The van der Waals surface area contributed by atoms with E-state index in [2.05, 4.69) is 9.47 Å². The van der Waals surface area contributed by atoms with Gasteiger partial charge in [0.25, 0.3) is 0 Å². The summed E-state index contributed by atoms with van der Waals surface area (Å²) in [5, 5.41) is 0. The third-order valence-electron chi connectivity index (χ3n) is 1.67.